The number of nitrogens with zero attached hydrogens (tertiary/aromatic N) is 1. The van der Waals surface area contributed by atoms with E-state index in [1.54, 1.807) is 29.7 Å². The first-order valence-corrected chi connectivity index (χ1v) is 7.29. The summed E-state index contributed by atoms with van der Waals surface area (Å²) in [5.74, 6) is 0.452. The van der Waals surface area contributed by atoms with Crippen molar-refractivity contribution in [1.29, 1.82) is 0 Å². The second kappa shape index (κ2) is 6.19. The van der Waals surface area contributed by atoms with Crippen LogP contribution in [0.4, 0.5) is 0 Å². The highest BCUT2D eigenvalue weighted by Crippen LogP contribution is 2.26. The van der Waals surface area contributed by atoms with Gasteiger partial charge in [0, 0.05) is 11.6 Å². The van der Waals surface area contributed by atoms with E-state index < -0.39 is 5.97 Å². The van der Waals surface area contributed by atoms with Crippen molar-refractivity contribution in [2.24, 2.45) is 0 Å². The van der Waals surface area contributed by atoms with Gasteiger partial charge in [-0.15, -0.1) is 11.3 Å². The Bertz CT molecular complexity index is 565. The number of thiazole rings is 1. The monoisotopic (exact) mass is 294 g/mol. The summed E-state index contributed by atoms with van der Waals surface area (Å²) in [4.78, 5) is 15.7. The molecule has 5 nitrogen and oxygen atoms in total. The van der Waals surface area contributed by atoms with Gasteiger partial charge in [-0.2, -0.15) is 0 Å². The average molecular weight is 294 g/mol. The molecular weight excluding hydrogens is 276 g/mol. The quantitative estimate of drug-likeness (QED) is 0.830. The molecule has 20 heavy (non-hydrogen) atoms. The van der Waals surface area contributed by atoms with Crippen LogP contribution in [0.1, 0.15) is 41.6 Å². The topological polar surface area (TPSA) is 64.4 Å². The Labute approximate surface area is 122 Å². The SMILES string of the molecule is CCC(C)(NCc1ccc(C(=O)OC)o1)c1nccs1. The van der Waals surface area contributed by atoms with Crippen LogP contribution >= 0.6 is 11.3 Å². The molecule has 0 spiro atoms. The summed E-state index contributed by atoms with van der Waals surface area (Å²) in [6.07, 6.45) is 2.71. The van der Waals surface area contributed by atoms with Crippen molar-refractivity contribution in [2.75, 3.05) is 7.11 Å². The number of carbonyl (C=O) groups excluding carboxylic acids is 1. The molecule has 0 saturated carbocycles. The van der Waals surface area contributed by atoms with Gasteiger partial charge < -0.3 is 9.15 Å². The standard InChI is InChI=1S/C14H18N2O3S/c1-4-14(2,13-15-7-8-20-13)16-9-10-5-6-11(19-10)12(17)18-3/h5-8,16H,4,9H2,1-3H3. The molecule has 1 N–H and O–H groups in total. The highest BCUT2D eigenvalue weighted by atomic mass is 32.1. The average Bonchev–Trinajstić information content (AvgIpc) is 3.15. The number of hydrogen-bond donors (Lipinski definition) is 1. The van der Waals surface area contributed by atoms with Crippen LogP contribution in [-0.2, 0) is 16.8 Å². The molecule has 0 aliphatic heterocycles. The Morgan fingerprint density at radius 2 is 2.35 bits per heavy atom. The first-order chi connectivity index (χ1) is 9.59. The number of carbonyl (C=O) groups is 1. The summed E-state index contributed by atoms with van der Waals surface area (Å²) in [6.45, 7) is 4.74. The highest BCUT2D eigenvalue weighted by molar-refractivity contribution is 7.09. The fraction of sp³-hybridized carbons (Fsp3) is 0.429. The molecular formula is C14H18N2O3S. The molecule has 0 aliphatic carbocycles. The molecule has 0 amide bonds. The van der Waals surface area contributed by atoms with Gasteiger partial charge in [0.05, 0.1) is 19.2 Å². The zero-order valence-electron chi connectivity index (χ0n) is 11.8. The molecule has 6 heteroatoms. The van der Waals surface area contributed by atoms with Crippen molar-refractivity contribution in [1.82, 2.24) is 10.3 Å². The van der Waals surface area contributed by atoms with Gasteiger partial charge in [-0.1, -0.05) is 6.92 Å². The maximum atomic E-state index is 11.3. The molecule has 0 bridgehead atoms. The number of nitrogens with one attached hydrogen (secondary N) is 1. The minimum Gasteiger partial charge on any atom is -0.463 e. The van der Waals surface area contributed by atoms with E-state index in [-0.39, 0.29) is 11.3 Å². The van der Waals surface area contributed by atoms with Crippen LogP contribution in [0.25, 0.3) is 0 Å². The van der Waals surface area contributed by atoms with Gasteiger partial charge in [0.2, 0.25) is 5.76 Å². The van der Waals surface area contributed by atoms with Gasteiger partial charge in [-0.25, -0.2) is 9.78 Å². The zero-order valence-corrected chi connectivity index (χ0v) is 12.6. The van der Waals surface area contributed by atoms with Crippen LogP contribution < -0.4 is 5.32 Å². The number of rotatable bonds is 6. The van der Waals surface area contributed by atoms with Crippen molar-refractivity contribution in [2.45, 2.75) is 32.4 Å². The molecule has 2 aromatic rings. The predicted octanol–water partition coefficient (Wildman–Crippen LogP) is 2.94. The molecule has 2 aromatic heterocycles. The van der Waals surface area contributed by atoms with Gasteiger partial charge in [0.15, 0.2) is 0 Å². The van der Waals surface area contributed by atoms with Crippen LogP contribution in [0.5, 0.6) is 0 Å². The van der Waals surface area contributed by atoms with Gasteiger partial charge in [0.25, 0.3) is 0 Å². The molecule has 1 atom stereocenters. The second-order valence-corrected chi connectivity index (χ2v) is 5.53. The number of ether oxygens (including phenoxy) is 1. The predicted molar refractivity (Wildman–Crippen MR) is 76.6 cm³/mol. The first-order valence-electron chi connectivity index (χ1n) is 6.41. The summed E-state index contributed by atoms with van der Waals surface area (Å²) in [6, 6.07) is 3.40. The Kier molecular flexibility index (Phi) is 4.57. The smallest absolute Gasteiger partial charge is 0.373 e. The maximum Gasteiger partial charge on any atom is 0.373 e. The number of hydrogen-bond acceptors (Lipinski definition) is 6. The van der Waals surface area contributed by atoms with Gasteiger partial charge in [0.1, 0.15) is 10.8 Å². The summed E-state index contributed by atoms with van der Waals surface area (Å²) < 4.78 is 10.1. The molecule has 2 rings (SSSR count). The lowest BCUT2D eigenvalue weighted by molar-refractivity contribution is 0.0562. The Balaban J connectivity index is 2.04. The summed E-state index contributed by atoms with van der Waals surface area (Å²) in [7, 11) is 1.33. The van der Waals surface area contributed by atoms with Crippen molar-refractivity contribution < 1.29 is 13.9 Å². The van der Waals surface area contributed by atoms with Crippen LogP contribution in [0.15, 0.2) is 28.1 Å². The number of methoxy groups -OCH3 is 1. The van der Waals surface area contributed by atoms with E-state index in [1.165, 1.54) is 7.11 Å². The Morgan fingerprint density at radius 1 is 1.55 bits per heavy atom. The van der Waals surface area contributed by atoms with Gasteiger partial charge in [-0.3, -0.25) is 5.32 Å². The van der Waals surface area contributed by atoms with E-state index >= 15 is 0 Å². The first kappa shape index (κ1) is 14.7. The van der Waals surface area contributed by atoms with Crippen molar-refractivity contribution >= 4 is 17.3 Å². The van der Waals surface area contributed by atoms with Crippen molar-refractivity contribution in [3.05, 3.63) is 40.2 Å². The number of furan rings is 1. The summed E-state index contributed by atoms with van der Waals surface area (Å²) >= 11 is 1.62. The van der Waals surface area contributed by atoms with Crippen molar-refractivity contribution in [3.8, 4) is 0 Å². The van der Waals surface area contributed by atoms with E-state index in [9.17, 15) is 4.79 Å². The largest absolute Gasteiger partial charge is 0.463 e. The Morgan fingerprint density at radius 3 is 2.95 bits per heavy atom. The van der Waals surface area contributed by atoms with Crippen LogP contribution in [-0.4, -0.2) is 18.1 Å². The summed E-state index contributed by atoms with van der Waals surface area (Å²) in [5.41, 5.74) is -0.202. The molecule has 0 aromatic carbocycles. The maximum absolute atomic E-state index is 11.3. The van der Waals surface area contributed by atoms with Crippen molar-refractivity contribution in [3.63, 3.8) is 0 Å². The molecule has 0 aliphatic rings. The second-order valence-electron chi connectivity index (χ2n) is 4.63. The van der Waals surface area contributed by atoms with Crippen LogP contribution in [0.2, 0.25) is 0 Å². The van der Waals surface area contributed by atoms with E-state index in [4.69, 9.17) is 4.42 Å². The van der Waals surface area contributed by atoms with E-state index in [1.807, 2.05) is 5.38 Å². The van der Waals surface area contributed by atoms with Crippen LogP contribution in [0, 0.1) is 0 Å². The molecule has 0 saturated heterocycles. The molecule has 108 valence electrons. The summed E-state index contributed by atoms with van der Waals surface area (Å²) in [5, 5.41) is 6.44. The fourth-order valence-electron chi connectivity index (χ4n) is 1.81. The van der Waals surface area contributed by atoms with E-state index in [2.05, 4.69) is 28.9 Å². The minimum atomic E-state index is -0.463. The third-order valence-electron chi connectivity index (χ3n) is 3.31. The Hall–Kier alpha value is -1.66. The van der Waals surface area contributed by atoms with E-state index in [0.29, 0.717) is 12.3 Å². The lowest BCUT2D eigenvalue weighted by Gasteiger charge is -2.27. The minimum absolute atomic E-state index is 0.202. The molecule has 2 heterocycles. The highest BCUT2D eigenvalue weighted by Gasteiger charge is 2.27. The molecule has 1 unspecified atom stereocenters. The number of aromatic nitrogens is 1. The third kappa shape index (κ3) is 3.08. The fourth-order valence-corrected chi connectivity index (χ4v) is 2.66. The van der Waals surface area contributed by atoms with Gasteiger partial charge in [-0.05, 0) is 25.5 Å². The normalized spacial score (nSPS) is 13.9. The number of esters is 1. The van der Waals surface area contributed by atoms with Crippen LogP contribution in [0.3, 0.4) is 0 Å². The van der Waals surface area contributed by atoms with E-state index in [0.717, 1.165) is 11.4 Å². The lowest BCUT2D eigenvalue weighted by atomic mass is 10.00. The van der Waals surface area contributed by atoms with Gasteiger partial charge >= 0.3 is 5.97 Å². The molecule has 0 fully saturated rings. The lowest BCUT2D eigenvalue weighted by Crippen LogP contribution is -2.38. The zero-order chi connectivity index (χ0) is 14.6. The third-order valence-corrected chi connectivity index (χ3v) is 4.35. The molecule has 0 radical (unpaired) electrons.